The molecule has 8 heteroatoms. The van der Waals surface area contributed by atoms with E-state index in [2.05, 4.69) is 23.0 Å². The summed E-state index contributed by atoms with van der Waals surface area (Å²) >= 11 is 0. The fourth-order valence-electron chi connectivity index (χ4n) is 6.16. The molecule has 238 valence electrons. The molecule has 0 radical (unpaired) electrons. The molecule has 42 heavy (non-hydrogen) atoms. The van der Waals surface area contributed by atoms with Crippen molar-refractivity contribution in [3.05, 3.63) is 24.3 Å². The molecule has 0 aliphatic heterocycles. The van der Waals surface area contributed by atoms with Gasteiger partial charge in [-0.1, -0.05) is 103 Å². The highest BCUT2D eigenvalue weighted by Gasteiger charge is 2.23. The molecular weight excluding hydrogens is 542 g/mol. The van der Waals surface area contributed by atoms with Gasteiger partial charge >= 0.3 is 0 Å². The summed E-state index contributed by atoms with van der Waals surface area (Å²) in [6.45, 7) is 3.71. The molecular formula is C34H59N5O2S. The zero-order valence-corrected chi connectivity index (χ0v) is 27.7. The van der Waals surface area contributed by atoms with E-state index in [1.54, 1.807) is 0 Å². The summed E-state index contributed by atoms with van der Waals surface area (Å²) in [5.74, 6) is 2.87. The summed E-state index contributed by atoms with van der Waals surface area (Å²) in [6, 6.07) is 8.11. The van der Waals surface area contributed by atoms with Gasteiger partial charge in [0.2, 0.25) is 16.0 Å². The third kappa shape index (κ3) is 13.2. The van der Waals surface area contributed by atoms with Crippen LogP contribution in [0.4, 0.5) is 11.8 Å². The predicted molar refractivity (Wildman–Crippen MR) is 180 cm³/mol. The summed E-state index contributed by atoms with van der Waals surface area (Å²) in [4.78, 5) is 11.5. The standard InChI is InChI=1S/C34H59N5O2S/c1-4-5-6-7-8-9-10-11-12-13-14-15-16-19-26-42(40,41)36-28-30-24-22-29(23-25-30)27-35-34-37-32-21-18-17-20-31(32)33(38-34)39(2)3/h17-18,20-21,29-30,36H,4-16,19,22-28H2,1-3H3,(H,35,37,38). The Labute approximate surface area is 257 Å². The number of para-hydroxylation sites is 1. The minimum atomic E-state index is -3.17. The van der Waals surface area contributed by atoms with Crippen LogP contribution >= 0.6 is 0 Å². The van der Waals surface area contributed by atoms with E-state index in [0.717, 1.165) is 68.2 Å². The number of rotatable bonds is 22. The van der Waals surface area contributed by atoms with Crippen molar-refractivity contribution in [2.24, 2.45) is 11.8 Å². The SMILES string of the molecule is CCCCCCCCCCCCCCCCS(=O)(=O)NCC1CCC(CNc2nc(N(C)C)c3ccccc3n2)CC1. The fraction of sp³-hybridized carbons (Fsp3) is 0.765. The van der Waals surface area contributed by atoms with Gasteiger partial charge in [0, 0.05) is 32.6 Å². The van der Waals surface area contributed by atoms with E-state index in [4.69, 9.17) is 9.97 Å². The minimum Gasteiger partial charge on any atom is -0.362 e. The van der Waals surface area contributed by atoms with Gasteiger partial charge in [0.05, 0.1) is 11.3 Å². The number of anilines is 2. The maximum atomic E-state index is 12.5. The summed E-state index contributed by atoms with van der Waals surface area (Å²) in [7, 11) is 0.847. The van der Waals surface area contributed by atoms with Crippen molar-refractivity contribution in [1.82, 2.24) is 14.7 Å². The van der Waals surface area contributed by atoms with Gasteiger partial charge in [-0.05, 0) is 56.1 Å². The number of hydrogen-bond donors (Lipinski definition) is 2. The van der Waals surface area contributed by atoms with E-state index in [1.165, 1.54) is 70.6 Å². The number of nitrogens with zero attached hydrogens (tertiary/aromatic N) is 3. The number of benzene rings is 1. The molecule has 0 saturated heterocycles. The molecule has 0 atom stereocenters. The molecule has 1 fully saturated rings. The molecule has 3 rings (SSSR count). The van der Waals surface area contributed by atoms with E-state index in [-0.39, 0.29) is 5.75 Å². The van der Waals surface area contributed by atoms with Gasteiger partial charge < -0.3 is 10.2 Å². The largest absolute Gasteiger partial charge is 0.362 e. The van der Waals surface area contributed by atoms with Gasteiger partial charge in [-0.2, -0.15) is 4.98 Å². The zero-order valence-electron chi connectivity index (χ0n) is 26.9. The third-order valence-corrected chi connectivity index (χ3v) is 10.3. The average molecular weight is 602 g/mol. The van der Waals surface area contributed by atoms with Crippen LogP contribution in [0.3, 0.4) is 0 Å². The normalized spacial score (nSPS) is 17.5. The lowest BCUT2D eigenvalue weighted by molar-refractivity contribution is 0.284. The molecule has 1 heterocycles. The van der Waals surface area contributed by atoms with Crippen LogP contribution < -0.4 is 14.9 Å². The first-order chi connectivity index (χ1) is 20.4. The first-order valence-corrected chi connectivity index (χ1v) is 18.7. The first-order valence-electron chi connectivity index (χ1n) is 17.0. The Morgan fingerprint density at radius 3 is 1.83 bits per heavy atom. The molecule has 1 aliphatic rings. The Kier molecular flexibility index (Phi) is 15.9. The lowest BCUT2D eigenvalue weighted by atomic mass is 9.82. The summed E-state index contributed by atoms with van der Waals surface area (Å²) < 4.78 is 28.0. The Morgan fingerprint density at radius 2 is 1.26 bits per heavy atom. The second-order valence-electron chi connectivity index (χ2n) is 12.8. The molecule has 7 nitrogen and oxygen atoms in total. The van der Waals surface area contributed by atoms with Crippen molar-refractivity contribution in [2.75, 3.05) is 43.2 Å². The van der Waals surface area contributed by atoms with Crippen molar-refractivity contribution in [3.63, 3.8) is 0 Å². The maximum absolute atomic E-state index is 12.5. The van der Waals surface area contributed by atoms with Crippen LogP contribution in [0.2, 0.25) is 0 Å². The number of aromatic nitrogens is 2. The fourth-order valence-corrected chi connectivity index (χ4v) is 7.38. The minimum absolute atomic E-state index is 0.269. The van der Waals surface area contributed by atoms with Gasteiger partial charge in [0.1, 0.15) is 5.82 Å². The van der Waals surface area contributed by atoms with E-state index in [1.807, 2.05) is 37.2 Å². The van der Waals surface area contributed by atoms with Crippen LogP contribution in [-0.2, 0) is 10.0 Å². The van der Waals surface area contributed by atoms with Crippen LogP contribution in [-0.4, -0.2) is 51.3 Å². The van der Waals surface area contributed by atoms with Gasteiger partial charge in [-0.15, -0.1) is 0 Å². The van der Waals surface area contributed by atoms with Gasteiger partial charge in [0.25, 0.3) is 0 Å². The van der Waals surface area contributed by atoms with Crippen molar-refractivity contribution in [3.8, 4) is 0 Å². The topological polar surface area (TPSA) is 87.2 Å². The number of hydrogen-bond acceptors (Lipinski definition) is 6. The summed E-state index contributed by atoms with van der Waals surface area (Å²) in [6.07, 6.45) is 22.2. The lowest BCUT2D eigenvalue weighted by Gasteiger charge is -2.28. The Balaban J connectivity index is 1.21. The second kappa shape index (κ2) is 19.4. The highest BCUT2D eigenvalue weighted by molar-refractivity contribution is 7.89. The van der Waals surface area contributed by atoms with Crippen molar-refractivity contribution < 1.29 is 8.42 Å². The third-order valence-electron chi connectivity index (χ3n) is 8.88. The zero-order chi connectivity index (χ0) is 30.0. The molecule has 0 unspecified atom stereocenters. The Hall–Kier alpha value is -1.93. The van der Waals surface area contributed by atoms with Gasteiger partial charge in [0.15, 0.2) is 0 Å². The first kappa shape index (κ1) is 34.6. The number of nitrogens with one attached hydrogen (secondary N) is 2. The Morgan fingerprint density at radius 1 is 0.738 bits per heavy atom. The van der Waals surface area contributed by atoms with Crippen molar-refractivity contribution >= 4 is 32.7 Å². The number of fused-ring (bicyclic) bond motifs is 1. The molecule has 0 amide bonds. The lowest BCUT2D eigenvalue weighted by Crippen LogP contribution is -2.33. The second-order valence-corrected chi connectivity index (χ2v) is 14.7. The smallest absolute Gasteiger partial charge is 0.225 e. The monoisotopic (exact) mass is 601 g/mol. The van der Waals surface area contributed by atoms with Crippen LogP contribution in [0.25, 0.3) is 10.9 Å². The van der Waals surface area contributed by atoms with Gasteiger partial charge in [-0.3, -0.25) is 0 Å². The van der Waals surface area contributed by atoms with E-state index in [9.17, 15) is 8.42 Å². The van der Waals surface area contributed by atoms with Crippen molar-refractivity contribution in [2.45, 2.75) is 122 Å². The van der Waals surface area contributed by atoms with Crippen LogP contribution in [0.15, 0.2) is 24.3 Å². The molecule has 2 N–H and O–H groups in total. The average Bonchev–Trinajstić information content (AvgIpc) is 2.99. The molecule has 1 saturated carbocycles. The molecule has 1 aromatic carbocycles. The molecule has 2 aromatic rings. The van der Waals surface area contributed by atoms with E-state index >= 15 is 0 Å². The maximum Gasteiger partial charge on any atom is 0.225 e. The van der Waals surface area contributed by atoms with Crippen LogP contribution in [0.1, 0.15) is 122 Å². The number of sulfonamides is 1. The van der Waals surface area contributed by atoms with E-state index < -0.39 is 10.0 Å². The predicted octanol–water partition coefficient (Wildman–Crippen LogP) is 8.31. The molecule has 1 aliphatic carbocycles. The molecule has 1 aromatic heterocycles. The summed E-state index contributed by atoms with van der Waals surface area (Å²) in [5, 5.41) is 4.53. The quantitative estimate of drug-likeness (QED) is 0.132. The highest BCUT2D eigenvalue weighted by atomic mass is 32.2. The number of unbranched alkanes of at least 4 members (excludes halogenated alkanes) is 13. The molecule has 0 bridgehead atoms. The van der Waals surface area contributed by atoms with E-state index in [0.29, 0.717) is 24.3 Å². The van der Waals surface area contributed by atoms with Gasteiger partial charge in [-0.25, -0.2) is 18.1 Å². The summed E-state index contributed by atoms with van der Waals surface area (Å²) in [5.41, 5.74) is 0.948. The highest BCUT2D eigenvalue weighted by Crippen LogP contribution is 2.29. The Bertz CT molecular complexity index is 1120. The van der Waals surface area contributed by atoms with Crippen molar-refractivity contribution in [1.29, 1.82) is 0 Å². The van der Waals surface area contributed by atoms with Crippen LogP contribution in [0.5, 0.6) is 0 Å². The van der Waals surface area contributed by atoms with Crippen LogP contribution in [0, 0.1) is 11.8 Å². The molecule has 0 spiro atoms.